The summed E-state index contributed by atoms with van der Waals surface area (Å²) in [7, 11) is 0. The number of ether oxygens (including phenoxy) is 3. The van der Waals surface area contributed by atoms with Gasteiger partial charge in [-0.2, -0.15) is 5.26 Å². The molecule has 2 rings (SSSR count). The topological polar surface area (TPSA) is 51.5 Å². The number of hydrogen-bond donors (Lipinski definition) is 0. The average molecular weight is 283 g/mol. The third-order valence-corrected chi connectivity index (χ3v) is 2.74. The minimum atomic E-state index is 0.421. The summed E-state index contributed by atoms with van der Waals surface area (Å²) >= 11 is 0. The Balaban J connectivity index is 1.80. The molecule has 0 bridgehead atoms. The molecule has 0 radical (unpaired) electrons. The Morgan fingerprint density at radius 3 is 2.10 bits per heavy atom. The molecule has 4 nitrogen and oxygen atoms in total. The molecule has 0 saturated carbocycles. The molecule has 0 aromatic heterocycles. The number of nitrogens with zero attached hydrogens (tertiary/aromatic N) is 1. The van der Waals surface area contributed by atoms with Gasteiger partial charge in [0.15, 0.2) is 11.5 Å². The lowest BCUT2D eigenvalue weighted by Crippen LogP contribution is -2.09. The van der Waals surface area contributed by atoms with Crippen LogP contribution in [-0.4, -0.2) is 19.8 Å². The Hall–Kier alpha value is -2.67. The quantitative estimate of drug-likeness (QED) is 0.731. The summed E-state index contributed by atoms with van der Waals surface area (Å²) in [6.45, 7) is 3.38. The van der Waals surface area contributed by atoms with Crippen molar-refractivity contribution in [1.82, 2.24) is 0 Å². The van der Waals surface area contributed by atoms with Gasteiger partial charge in [-0.1, -0.05) is 12.1 Å². The van der Waals surface area contributed by atoms with Gasteiger partial charge in [0.25, 0.3) is 0 Å². The number of benzene rings is 2. The predicted octanol–water partition coefficient (Wildman–Crippen LogP) is 3.41. The molecule has 0 N–H and O–H groups in total. The highest BCUT2D eigenvalue weighted by atomic mass is 16.5. The summed E-state index contributed by atoms with van der Waals surface area (Å²) in [6.07, 6.45) is 0. The molecule has 2 aromatic rings. The zero-order chi connectivity index (χ0) is 14.9. The van der Waals surface area contributed by atoms with Crippen LogP contribution in [0.3, 0.4) is 0 Å². The van der Waals surface area contributed by atoms with Crippen LogP contribution in [0.25, 0.3) is 0 Å². The van der Waals surface area contributed by atoms with E-state index in [2.05, 4.69) is 6.07 Å². The fourth-order valence-electron chi connectivity index (χ4n) is 1.78. The van der Waals surface area contributed by atoms with E-state index in [1.165, 1.54) is 0 Å². The van der Waals surface area contributed by atoms with Gasteiger partial charge in [0, 0.05) is 0 Å². The van der Waals surface area contributed by atoms with Gasteiger partial charge in [0.2, 0.25) is 0 Å². The molecule has 0 aliphatic rings. The second-order valence-corrected chi connectivity index (χ2v) is 4.21. The largest absolute Gasteiger partial charge is 0.490 e. The van der Waals surface area contributed by atoms with Crippen molar-refractivity contribution in [2.75, 3.05) is 19.8 Å². The van der Waals surface area contributed by atoms with Crippen molar-refractivity contribution in [2.45, 2.75) is 6.92 Å². The van der Waals surface area contributed by atoms with Gasteiger partial charge in [-0.3, -0.25) is 0 Å². The summed E-state index contributed by atoms with van der Waals surface area (Å²) in [5.41, 5.74) is 0.615. The summed E-state index contributed by atoms with van der Waals surface area (Å²) in [4.78, 5) is 0. The summed E-state index contributed by atoms with van der Waals surface area (Å²) in [5, 5.41) is 8.72. The number of hydrogen-bond acceptors (Lipinski definition) is 4. The lowest BCUT2D eigenvalue weighted by atomic mass is 10.2. The summed E-state index contributed by atoms with van der Waals surface area (Å²) < 4.78 is 16.7. The van der Waals surface area contributed by atoms with E-state index in [0.717, 1.165) is 11.5 Å². The molecular formula is C17H17NO3. The molecule has 108 valence electrons. The summed E-state index contributed by atoms with van der Waals surface area (Å²) in [5.74, 6) is 2.16. The van der Waals surface area contributed by atoms with Gasteiger partial charge >= 0.3 is 0 Å². The zero-order valence-electron chi connectivity index (χ0n) is 11.9. The molecule has 0 saturated heterocycles. The van der Waals surface area contributed by atoms with Crippen molar-refractivity contribution < 1.29 is 14.2 Å². The smallest absolute Gasteiger partial charge is 0.161 e. The highest BCUT2D eigenvalue weighted by Gasteiger charge is 2.03. The third kappa shape index (κ3) is 4.43. The van der Waals surface area contributed by atoms with E-state index in [-0.39, 0.29) is 0 Å². The third-order valence-electron chi connectivity index (χ3n) is 2.74. The first-order chi connectivity index (χ1) is 10.3. The van der Waals surface area contributed by atoms with Crippen LogP contribution in [0.1, 0.15) is 12.5 Å². The Kier molecular flexibility index (Phi) is 5.48. The van der Waals surface area contributed by atoms with Crippen molar-refractivity contribution in [3.05, 3.63) is 54.1 Å². The molecule has 0 amide bonds. The molecular weight excluding hydrogens is 266 g/mol. The number of para-hydroxylation sites is 2. The van der Waals surface area contributed by atoms with Gasteiger partial charge in [-0.25, -0.2) is 0 Å². The van der Waals surface area contributed by atoms with Gasteiger partial charge in [-0.05, 0) is 43.3 Å². The average Bonchev–Trinajstić information content (AvgIpc) is 2.54. The molecule has 0 atom stereocenters. The van der Waals surface area contributed by atoms with E-state index >= 15 is 0 Å². The molecule has 2 aromatic carbocycles. The maximum absolute atomic E-state index is 8.72. The van der Waals surface area contributed by atoms with Gasteiger partial charge in [-0.15, -0.1) is 0 Å². The molecule has 0 aliphatic heterocycles. The second kappa shape index (κ2) is 7.81. The highest BCUT2D eigenvalue weighted by Crippen LogP contribution is 2.26. The number of rotatable bonds is 7. The SMILES string of the molecule is CCOc1ccccc1OCCOc1ccc(C#N)cc1. The Morgan fingerprint density at radius 2 is 1.48 bits per heavy atom. The van der Waals surface area contributed by atoms with Gasteiger partial charge < -0.3 is 14.2 Å². The van der Waals surface area contributed by atoms with E-state index in [1.807, 2.05) is 31.2 Å². The minimum absolute atomic E-state index is 0.421. The van der Waals surface area contributed by atoms with Crippen LogP contribution >= 0.6 is 0 Å². The predicted molar refractivity (Wildman–Crippen MR) is 79.8 cm³/mol. The van der Waals surface area contributed by atoms with Crippen LogP contribution in [0.15, 0.2) is 48.5 Å². The fourth-order valence-corrected chi connectivity index (χ4v) is 1.78. The van der Waals surface area contributed by atoms with Crippen LogP contribution in [0.4, 0.5) is 0 Å². The van der Waals surface area contributed by atoms with E-state index < -0.39 is 0 Å². The molecule has 0 unspecified atom stereocenters. The van der Waals surface area contributed by atoms with Crippen molar-refractivity contribution in [3.63, 3.8) is 0 Å². The highest BCUT2D eigenvalue weighted by molar-refractivity contribution is 5.39. The molecule has 4 heteroatoms. The summed E-state index contributed by atoms with van der Waals surface area (Å²) in [6, 6.07) is 16.6. The standard InChI is InChI=1S/C17H17NO3/c1-2-19-16-5-3-4-6-17(16)21-12-11-20-15-9-7-14(13-18)8-10-15/h3-10H,2,11-12H2,1H3. The first-order valence-corrected chi connectivity index (χ1v) is 6.81. The monoisotopic (exact) mass is 283 g/mol. The van der Waals surface area contributed by atoms with Crippen molar-refractivity contribution in [2.24, 2.45) is 0 Å². The van der Waals surface area contributed by atoms with Crippen LogP contribution in [0, 0.1) is 11.3 Å². The normalized spacial score (nSPS) is 9.71. The van der Waals surface area contributed by atoms with Crippen LogP contribution in [0.5, 0.6) is 17.2 Å². The second-order valence-electron chi connectivity index (χ2n) is 4.21. The Morgan fingerprint density at radius 1 is 0.857 bits per heavy atom. The zero-order valence-corrected chi connectivity index (χ0v) is 11.9. The van der Waals surface area contributed by atoms with E-state index in [4.69, 9.17) is 19.5 Å². The molecule has 0 heterocycles. The Labute approximate surface area is 124 Å². The van der Waals surface area contributed by atoms with E-state index in [1.54, 1.807) is 24.3 Å². The van der Waals surface area contributed by atoms with Crippen molar-refractivity contribution in [1.29, 1.82) is 5.26 Å². The van der Waals surface area contributed by atoms with E-state index in [0.29, 0.717) is 31.1 Å². The maximum Gasteiger partial charge on any atom is 0.161 e. The van der Waals surface area contributed by atoms with Gasteiger partial charge in [0.1, 0.15) is 19.0 Å². The lowest BCUT2D eigenvalue weighted by Gasteiger charge is -2.12. The van der Waals surface area contributed by atoms with E-state index in [9.17, 15) is 0 Å². The lowest BCUT2D eigenvalue weighted by molar-refractivity contribution is 0.208. The molecule has 0 spiro atoms. The molecule has 0 fully saturated rings. The molecule has 0 aliphatic carbocycles. The fraction of sp³-hybridized carbons (Fsp3) is 0.235. The Bertz CT molecular complexity index is 602. The van der Waals surface area contributed by atoms with Crippen LogP contribution < -0.4 is 14.2 Å². The van der Waals surface area contributed by atoms with Crippen LogP contribution in [0.2, 0.25) is 0 Å². The minimum Gasteiger partial charge on any atom is -0.490 e. The van der Waals surface area contributed by atoms with Crippen molar-refractivity contribution in [3.8, 4) is 23.3 Å². The maximum atomic E-state index is 8.72. The van der Waals surface area contributed by atoms with Crippen molar-refractivity contribution >= 4 is 0 Å². The number of nitriles is 1. The first-order valence-electron chi connectivity index (χ1n) is 6.81. The first kappa shape index (κ1) is 14.7. The van der Waals surface area contributed by atoms with Gasteiger partial charge in [0.05, 0.1) is 18.2 Å². The molecule has 21 heavy (non-hydrogen) atoms. The van der Waals surface area contributed by atoms with Crippen LogP contribution in [-0.2, 0) is 0 Å².